The van der Waals surface area contributed by atoms with Gasteiger partial charge in [0.05, 0.1) is 0 Å². The van der Waals surface area contributed by atoms with Crippen LogP contribution < -0.4 is 15.4 Å². The third-order valence-corrected chi connectivity index (χ3v) is 4.50. The second kappa shape index (κ2) is 9.24. The number of ether oxygens (including phenoxy) is 1. The van der Waals surface area contributed by atoms with Crippen LogP contribution in [0.2, 0.25) is 0 Å². The zero-order valence-electron chi connectivity index (χ0n) is 15.0. The van der Waals surface area contributed by atoms with Gasteiger partial charge >= 0.3 is 0 Å². The molecular formula is C22H21BrN2O2. The van der Waals surface area contributed by atoms with Crippen molar-refractivity contribution in [1.82, 2.24) is 0 Å². The van der Waals surface area contributed by atoms with E-state index in [4.69, 9.17) is 4.74 Å². The zero-order chi connectivity index (χ0) is 19.1. The molecule has 0 heterocycles. The minimum absolute atomic E-state index is 0.0234. The van der Waals surface area contributed by atoms with Gasteiger partial charge in [0, 0.05) is 22.4 Å². The molecular weight excluding hydrogens is 404 g/mol. The van der Waals surface area contributed by atoms with Crippen LogP contribution in [0.4, 0.5) is 11.4 Å². The van der Waals surface area contributed by atoms with Gasteiger partial charge in [-0.25, -0.2) is 0 Å². The molecule has 27 heavy (non-hydrogen) atoms. The number of halogens is 1. The number of hydrogen-bond donors (Lipinski definition) is 2. The monoisotopic (exact) mass is 424 g/mol. The number of hydrogen-bond acceptors (Lipinski definition) is 3. The molecule has 0 atom stereocenters. The SMILES string of the molecule is Cc1ccc(NC(=O)COc2ccc(CNc3ccc(Br)cc3)cc2)cc1. The first-order valence-corrected chi connectivity index (χ1v) is 9.45. The summed E-state index contributed by atoms with van der Waals surface area (Å²) in [6.45, 7) is 2.70. The maximum atomic E-state index is 12.0. The van der Waals surface area contributed by atoms with Crippen molar-refractivity contribution in [1.29, 1.82) is 0 Å². The molecule has 0 bridgehead atoms. The van der Waals surface area contributed by atoms with Crippen molar-refractivity contribution >= 4 is 33.2 Å². The van der Waals surface area contributed by atoms with Gasteiger partial charge in [-0.05, 0) is 61.0 Å². The molecule has 0 aliphatic rings. The molecule has 0 saturated heterocycles. The molecule has 0 aliphatic carbocycles. The zero-order valence-corrected chi connectivity index (χ0v) is 16.6. The molecule has 3 aromatic carbocycles. The summed E-state index contributed by atoms with van der Waals surface area (Å²) in [5, 5.41) is 6.18. The largest absolute Gasteiger partial charge is 0.484 e. The minimum atomic E-state index is -0.181. The van der Waals surface area contributed by atoms with Gasteiger partial charge in [-0.2, -0.15) is 0 Å². The van der Waals surface area contributed by atoms with Gasteiger partial charge in [-0.3, -0.25) is 4.79 Å². The van der Waals surface area contributed by atoms with Crippen molar-refractivity contribution < 1.29 is 9.53 Å². The number of amides is 1. The predicted octanol–water partition coefficient (Wildman–Crippen LogP) is 5.39. The Morgan fingerprint density at radius 3 is 2.19 bits per heavy atom. The molecule has 0 spiro atoms. The lowest BCUT2D eigenvalue weighted by Crippen LogP contribution is -2.20. The van der Waals surface area contributed by atoms with E-state index in [2.05, 4.69) is 26.6 Å². The van der Waals surface area contributed by atoms with E-state index < -0.39 is 0 Å². The number of carbonyl (C=O) groups excluding carboxylic acids is 1. The van der Waals surface area contributed by atoms with Gasteiger partial charge in [-0.1, -0.05) is 45.8 Å². The topological polar surface area (TPSA) is 50.4 Å². The first kappa shape index (κ1) is 19.0. The van der Waals surface area contributed by atoms with Crippen LogP contribution in [-0.2, 0) is 11.3 Å². The van der Waals surface area contributed by atoms with Crippen molar-refractivity contribution in [3.05, 3.63) is 88.4 Å². The summed E-state index contributed by atoms with van der Waals surface area (Å²) in [5.41, 5.74) is 4.11. The van der Waals surface area contributed by atoms with Crippen LogP contribution in [0.1, 0.15) is 11.1 Å². The number of nitrogens with one attached hydrogen (secondary N) is 2. The average molecular weight is 425 g/mol. The van der Waals surface area contributed by atoms with E-state index >= 15 is 0 Å². The Balaban J connectivity index is 1.45. The lowest BCUT2D eigenvalue weighted by Gasteiger charge is -2.09. The normalized spacial score (nSPS) is 10.3. The Morgan fingerprint density at radius 2 is 1.52 bits per heavy atom. The third kappa shape index (κ3) is 6.15. The Hall–Kier alpha value is -2.79. The Labute approximate surface area is 167 Å². The fraction of sp³-hybridized carbons (Fsp3) is 0.136. The highest BCUT2D eigenvalue weighted by atomic mass is 79.9. The molecule has 0 aromatic heterocycles. The Morgan fingerprint density at radius 1 is 0.889 bits per heavy atom. The minimum Gasteiger partial charge on any atom is -0.484 e. The highest BCUT2D eigenvalue weighted by molar-refractivity contribution is 9.10. The van der Waals surface area contributed by atoms with Crippen LogP contribution in [-0.4, -0.2) is 12.5 Å². The molecule has 0 fully saturated rings. The van der Waals surface area contributed by atoms with Crippen molar-refractivity contribution in [2.24, 2.45) is 0 Å². The second-order valence-electron chi connectivity index (χ2n) is 6.21. The molecule has 3 rings (SSSR count). The van der Waals surface area contributed by atoms with Crippen LogP contribution in [0.3, 0.4) is 0 Å². The fourth-order valence-corrected chi connectivity index (χ4v) is 2.72. The smallest absolute Gasteiger partial charge is 0.262 e. The summed E-state index contributed by atoms with van der Waals surface area (Å²) in [6, 6.07) is 23.4. The van der Waals surface area contributed by atoms with Gasteiger partial charge in [0.1, 0.15) is 5.75 Å². The summed E-state index contributed by atoms with van der Waals surface area (Å²) in [6.07, 6.45) is 0. The summed E-state index contributed by atoms with van der Waals surface area (Å²) < 4.78 is 6.61. The summed E-state index contributed by atoms with van der Waals surface area (Å²) in [7, 11) is 0. The van der Waals surface area contributed by atoms with Gasteiger partial charge in [0.15, 0.2) is 6.61 Å². The molecule has 0 aliphatic heterocycles. The summed E-state index contributed by atoms with van der Waals surface area (Å²) in [5.74, 6) is 0.487. The van der Waals surface area contributed by atoms with Crippen LogP contribution in [0, 0.1) is 6.92 Å². The predicted molar refractivity (Wildman–Crippen MR) is 113 cm³/mol. The van der Waals surface area contributed by atoms with E-state index in [1.807, 2.05) is 79.7 Å². The highest BCUT2D eigenvalue weighted by Gasteiger charge is 2.04. The molecule has 0 unspecified atom stereocenters. The molecule has 2 N–H and O–H groups in total. The van der Waals surface area contributed by atoms with E-state index in [1.54, 1.807) is 0 Å². The number of anilines is 2. The number of aryl methyl sites for hydroxylation is 1. The quantitative estimate of drug-likeness (QED) is 0.534. The fourth-order valence-electron chi connectivity index (χ4n) is 2.46. The maximum absolute atomic E-state index is 12.0. The Bertz CT molecular complexity index is 876. The molecule has 0 radical (unpaired) electrons. The first-order chi connectivity index (χ1) is 13.1. The van der Waals surface area contributed by atoms with Gasteiger partial charge < -0.3 is 15.4 Å². The van der Waals surface area contributed by atoms with Crippen LogP contribution in [0.5, 0.6) is 5.75 Å². The van der Waals surface area contributed by atoms with E-state index in [9.17, 15) is 4.79 Å². The van der Waals surface area contributed by atoms with Crippen molar-refractivity contribution in [3.8, 4) is 5.75 Å². The van der Waals surface area contributed by atoms with Crippen LogP contribution in [0.25, 0.3) is 0 Å². The van der Waals surface area contributed by atoms with Gasteiger partial charge in [0.25, 0.3) is 5.91 Å². The first-order valence-electron chi connectivity index (χ1n) is 8.66. The van der Waals surface area contributed by atoms with E-state index in [-0.39, 0.29) is 12.5 Å². The van der Waals surface area contributed by atoms with E-state index in [1.165, 1.54) is 0 Å². The van der Waals surface area contributed by atoms with Crippen molar-refractivity contribution in [3.63, 3.8) is 0 Å². The summed E-state index contributed by atoms with van der Waals surface area (Å²) >= 11 is 3.43. The van der Waals surface area contributed by atoms with E-state index in [0.717, 1.165) is 33.5 Å². The third-order valence-electron chi connectivity index (χ3n) is 3.97. The van der Waals surface area contributed by atoms with Crippen LogP contribution in [0.15, 0.2) is 77.3 Å². The Kier molecular flexibility index (Phi) is 6.49. The maximum Gasteiger partial charge on any atom is 0.262 e. The van der Waals surface area contributed by atoms with Crippen molar-refractivity contribution in [2.75, 3.05) is 17.2 Å². The molecule has 1 amide bonds. The standard InChI is InChI=1S/C22H21BrN2O2/c1-16-2-8-20(9-3-16)25-22(26)15-27-21-12-4-17(5-13-21)14-24-19-10-6-18(23)7-11-19/h2-13,24H,14-15H2,1H3,(H,25,26). The second-order valence-corrected chi connectivity index (χ2v) is 7.12. The molecule has 0 saturated carbocycles. The lowest BCUT2D eigenvalue weighted by molar-refractivity contribution is -0.118. The molecule has 5 heteroatoms. The van der Waals surface area contributed by atoms with E-state index in [0.29, 0.717) is 5.75 Å². The number of benzene rings is 3. The van der Waals surface area contributed by atoms with Gasteiger partial charge in [0.2, 0.25) is 0 Å². The van der Waals surface area contributed by atoms with Crippen molar-refractivity contribution in [2.45, 2.75) is 13.5 Å². The summed E-state index contributed by atoms with van der Waals surface area (Å²) in [4.78, 5) is 12.0. The average Bonchev–Trinajstić information content (AvgIpc) is 2.68. The highest BCUT2D eigenvalue weighted by Crippen LogP contribution is 2.17. The lowest BCUT2D eigenvalue weighted by atomic mass is 10.2. The number of carbonyl (C=O) groups is 1. The molecule has 138 valence electrons. The van der Waals surface area contributed by atoms with Crippen LogP contribution >= 0.6 is 15.9 Å². The molecule has 3 aromatic rings. The van der Waals surface area contributed by atoms with Gasteiger partial charge in [-0.15, -0.1) is 0 Å². The number of rotatable bonds is 7. The molecule has 4 nitrogen and oxygen atoms in total.